The Bertz CT molecular complexity index is 731. The van der Waals surface area contributed by atoms with E-state index in [-0.39, 0.29) is 35.8 Å². The Labute approximate surface area is 152 Å². The van der Waals surface area contributed by atoms with Gasteiger partial charge in [0.1, 0.15) is 11.5 Å². The molecule has 9 heteroatoms. The van der Waals surface area contributed by atoms with Crippen molar-refractivity contribution in [1.29, 1.82) is 0 Å². The topological polar surface area (TPSA) is 39.7 Å². The number of hydroxylamine groups is 1. The van der Waals surface area contributed by atoms with Crippen LogP contribution in [0.4, 0.5) is 22.0 Å². The maximum atomic E-state index is 13.6. The van der Waals surface area contributed by atoms with Crippen molar-refractivity contribution in [3.05, 3.63) is 54.1 Å². The van der Waals surface area contributed by atoms with E-state index in [2.05, 4.69) is 10.5 Å². The number of benzene rings is 2. The molecule has 2 aromatic rings. The van der Waals surface area contributed by atoms with Gasteiger partial charge in [0.15, 0.2) is 5.75 Å². The molecule has 2 aromatic carbocycles. The fraction of sp³-hybridized carbons (Fsp3) is 0.333. The third kappa shape index (κ3) is 7.40. The Morgan fingerprint density at radius 3 is 2.33 bits per heavy atom. The average Bonchev–Trinajstić information content (AvgIpc) is 2.57. The van der Waals surface area contributed by atoms with Crippen LogP contribution in [0.3, 0.4) is 0 Å². The predicted molar refractivity (Wildman–Crippen MR) is 87.5 cm³/mol. The van der Waals surface area contributed by atoms with Crippen LogP contribution in [0.25, 0.3) is 0 Å². The number of hydrogen-bond acceptors (Lipinski definition) is 4. The van der Waals surface area contributed by atoms with Gasteiger partial charge in [-0.15, -0.1) is 0 Å². The lowest BCUT2D eigenvalue weighted by Crippen LogP contribution is -2.20. The van der Waals surface area contributed by atoms with E-state index in [1.54, 1.807) is 12.1 Å². The summed E-state index contributed by atoms with van der Waals surface area (Å²) in [5.41, 5.74) is 1.98. The second kappa shape index (κ2) is 9.01. The average molecular weight is 391 g/mol. The van der Waals surface area contributed by atoms with Crippen LogP contribution in [-0.4, -0.2) is 12.7 Å². The molecular weight excluding hydrogens is 373 g/mol. The third-order valence-electron chi connectivity index (χ3n) is 3.33. The molecule has 0 spiro atoms. The van der Waals surface area contributed by atoms with E-state index in [0.29, 0.717) is 0 Å². The van der Waals surface area contributed by atoms with Gasteiger partial charge < -0.3 is 9.62 Å². The van der Waals surface area contributed by atoms with Crippen molar-refractivity contribution in [1.82, 2.24) is 5.48 Å². The van der Waals surface area contributed by atoms with Gasteiger partial charge in [0.2, 0.25) is 0 Å². The molecule has 0 aliphatic heterocycles. The Balaban J connectivity index is 1.89. The molecule has 0 aliphatic rings. The predicted octanol–water partition coefficient (Wildman–Crippen LogP) is 5.75. The number of nitrogens with one attached hydrogen (secondary N) is 1. The monoisotopic (exact) mass is 391 g/mol. The van der Waals surface area contributed by atoms with E-state index >= 15 is 0 Å². The number of hydrogen-bond donors (Lipinski definition) is 1. The summed E-state index contributed by atoms with van der Waals surface area (Å²) in [5, 5.41) is 0. The van der Waals surface area contributed by atoms with Crippen molar-refractivity contribution in [2.75, 3.05) is 6.54 Å². The Morgan fingerprint density at radius 1 is 0.926 bits per heavy atom. The van der Waals surface area contributed by atoms with Gasteiger partial charge >= 0.3 is 6.18 Å². The third-order valence-corrected chi connectivity index (χ3v) is 3.33. The first kappa shape index (κ1) is 20.9. The van der Waals surface area contributed by atoms with E-state index in [0.717, 1.165) is 6.92 Å². The fourth-order valence-corrected chi connectivity index (χ4v) is 2.12. The van der Waals surface area contributed by atoms with Crippen LogP contribution in [0.15, 0.2) is 48.5 Å². The first-order chi connectivity index (χ1) is 12.6. The molecular formula is C18H18F5NO3. The number of ether oxygens (including phenoxy) is 1. The number of halogens is 5. The molecule has 148 valence electrons. The van der Waals surface area contributed by atoms with Gasteiger partial charge in [0, 0.05) is 26.0 Å². The van der Waals surface area contributed by atoms with Gasteiger partial charge in [-0.2, -0.15) is 18.7 Å². The Hall–Kier alpha value is -2.39. The smallest absolute Gasteiger partial charge is 0.389 e. The minimum Gasteiger partial charge on any atom is -0.457 e. The largest absolute Gasteiger partial charge is 0.457 e. The molecule has 0 bridgehead atoms. The van der Waals surface area contributed by atoms with Crippen molar-refractivity contribution >= 4 is 0 Å². The highest BCUT2D eigenvalue weighted by molar-refractivity contribution is 5.41. The maximum absolute atomic E-state index is 13.6. The zero-order valence-corrected chi connectivity index (χ0v) is 14.4. The zero-order valence-electron chi connectivity index (χ0n) is 14.4. The Morgan fingerprint density at radius 2 is 1.63 bits per heavy atom. The molecule has 0 heterocycles. The van der Waals surface area contributed by atoms with Crippen LogP contribution >= 0.6 is 0 Å². The minimum absolute atomic E-state index is 0.00616. The van der Waals surface area contributed by atoms with E-state index in [4.69, 9.17) is 9.62 Å². The van der Waals surface area contributed by atoms with E-state index in [1.807, 2.05) is 0 Å². The van der Waals surface area contributed by atoms with Gasteiger partial charge in [0.05, 0.1) is 5.56 Å². The van der Waals surface area contributed by atoms with Crippen LogP contribution in [0.5, 0.6) is 17.2 Å². The quantitative estimate of drug-likeness (QED) is 0.256. The van der Waals surface area contributed by atoms with Gasteiger partial charge in [-0.05, 0) is 30.7 Å². The lowest BCUT2D eigenvalue weighted by Gasteiger charge is -2.16. The first-order valence-corrected chi connectivity index (χ1v) is 8.03. The van der Waals surface area contributed by atoms with Gasteiger partial charge in [0.25, 0.3) is 5.92 Å². The molecule has 4 nitrogen and oxygen atoms in total. The summed E-state index contributed by atoms with van der Waals surface area (Å²) >= 11 is 0. The summed E-state index contributed by atoms with van der Waals surface area (Å²) in [6, 6.07) is 11.7. The lowest BCUT2D eigenvalue weighted by atomic mass is 10.1. The molecule has 0 radical (unpaired) electrons. The van der Waals surface area contributed by atoms with Crippen LogP contribution in [0.1, 0.15) is 25.3 Å². The van der Waals surface area contributed by atoms with Gasteiger partial charge in [-0.1, -0.05) is 23.2 Å². The minimum atomic E-state index is -4.22. The summed E-state index contributed by atoms with van der Waals surface area (Å²) < 4.78 is 68.8. The molecule has 1 N–H and O–H groups in total. The van der Waals surface area contributed by atoms with E-state index in [9.17, 15) is 22.0 Å². The molecule has 0 aliphatic carbocycles. The molecule has 0 fully saturated rings. The molecule has 0 saturated carbocycles. The van der Waals surface area contributed by atoms with Crippen molar-refractivity contribution in [2.24, 2.45) is 0 Å². The van der Waals surface area contributed by atoms with Crippen LogP contribution in [0, 0.1) is 0 Å². The normalized spacial score (nSPS) is 12.1. The summed E-state index contributed by atoms with van der Waals surface area (Å²) in [5.74, 6) is -2.68. The van der Waals surface area contributed by atoms with Crippen molar-refractivity contribution in [3.8, 4) is 17.2 Å². The first-order valence-electron chi connectivity index (χ1n) is 8.03. The standard InChI is InChI=1S/C18H18F5NO3/c1-17(19,20)15-8-2-3-9-16(15)25-13-6-4-7-14(12-13)26-27-24-11-5-10-18(21,22)23/h2-4,6-9,12,24H,5,10-11H2,1H3. The van der Waals surface area contributed by atoms with E-state index < -0.39 is 18.5 Å². The van der Waals surface area contributed by atoms with E-state index in [1.165, 1.54) is 36.4 Å². The zero-order chi connectivity index (χ0) is 19.9. The Kier molecular flexibility index (Phi) is 6.98. The number of alkyl halides is 5. The maximum Gasteiger partial charge on any atom is 0.389 e. The summed E-state index contributed by atoms with van der Waals surface area (Å²) in [7, 11) is 0. The molecule has 0 aromatic heterocycles. The van der Waals surface area contributed by atoms with Crippen LogP contribution < -0.4 is 15.1 Å². The number of rotatable bonds is 9. The second-order valence-corrected chi connectivity index (χ2v) is 5.74. The molecule has 0 saturated heterocycles. The summed E-state index contributed by atoms with van der Waals surface area (Å²) in [4.78, 5) is 9.52. The van der Waals surface area contributed by atoms with Crippen LogP contribution in [0.2, 0.25) is 0 Å². The van der Waals surface area contributed by atoms with Crippen molar-refractivity contribution < 1.29 is 36.6 Å². The highest BCUT2D eigenvalue weighted by Gasteiger charge is 2.28. The van der Waals surface area contributed by atoms with Crippen molar-refractivity contribution in [2.45, 2.75) is 31.9 Å². The lowest BCUT2D eigenvalue weighted by molar-refractivity contribution is -0.258. The second-order valence-electron chi connectivity index (χ2n) is 5.74. The molecule has 0 unspecified atom stereocenters. The number of para-hydroxylation sites is 1. The SMILES string of the molecule is CC(F)(F)c1ccccc1Oc1cccc(OONCCCC(F)(F)F)c1. The molecule has 0 amide bonds. The highest BCUT2D eigenvalue weighted by Crippen LogP contribution is 2.37. The molecule has 27 heavy (non-hydrogen) atoms. The van der Waals surface area contributed by atoms with Crippen LogP contribution in [-0.2, 0) is 10.9 Å². The summed E-state index contributed by atoms with van der Waals surface area (Å²) in [6.45, 7) is 0.710. The molecule has 2 rings (SSSR count). The fourth-order valence-electron chi connectivity index (χ4n) is 2.12. The summed E-state index contributed by atoms with van der Waals surface area (Å²) in [6.07, 6.45) is -5.33. The molecule has 0 atom stereocenters. The van der Waals surface area contributed by atoms with Gasteiger partial charge in [-0.25, -0.2) is 8.78 Å². The highest BCUT2D eigenvalue weighted by atomic mass is 19.4. The van der Waals surface area contributed by atoms with Crippen molar-refractivity contribution in [3.63, 3.8) is 0 Å². The van der Waals surface area contributed by atoms with Gasteiger partial charge in [-0.3, -0.25) is 0 Å².